The van der Waals surface area contributed by atoms with Crippen molar-refractivity contribution in [3.8, 4) is 5.69 Å². The smallest absolute Gasteiger partial charge is 0.229 e. The third-order valence-electron chi connectivity index (χ3n) is 7.56. The number of carbonyl (C=O) groups excluding carboxylic acids is 1. The number of hydrogen-bond donors (Lipinski definition) is 0. The molecule has 1 amide bonds. The van der Waals surface area contributed by atoms with E-state index < -0.39 is 0 Å². The lowest BCUT2D eigenvalue weighted by Crippen LogP contribution is -2.54. The summed E-state index contributed by atoms with van der Waals surface area (Å²) in [6.07, 6.45) is 7.54. The first-order chi connectivity index (χ1) is 15.8. The van der Waals surface area contributed by atoms with Crippen LogP contribution in [0.1, 0.15) is 67.0 Å². The fourth-order valence-electron chi connectivity index (χ4n) is 5.74. The first kappa shape index (κ1) is 22.1. The average Bonchev–Trinajstić information content (AvgIpc) is 3.17. The number of nitrogens with zero attached hydrogens (tertiary/aromatic N) is 3. The van der Waals surface area contributed by atoms with Gasteiger partial charge in [0.1, 0.15) is 5.82 Å². The van der Waals surface area contributed by atoms with Crippen molar-refractivity contribution in [1.29, 1.82) is 0 Å². The fourth-order valence-corrected chi connectivity index (χ4v) is 5.97. The van der Waals surface area contributed by atoms with Crippen molar-refractivity contribution in [2.75, 3.05) is 6.54 Å². The Bertz CT molecular complexity index is 1190. The fraction of sp³-hybridized carbons (Fsp3) is 0.407. The third-order valence-corrected chi connectivity index (χ3v) is 7.78. The predicted molar refractivity (Wildman–Crippen MR) is 128 cm³/mol. The molecule has 1 aliphatic heterocycles. The zero-order valence-electron chi connectivity index (χ0n) is 19.3. The Hall–Kier alpha value is -2.66. The summed E-state index contributed by atoms with van der Waals surface area (Å²) in [5.41, 5.74) is 5.10. The summed E-state index contributed by atoms with van der Waals surface area (Å²) in [6.45, 7) is 6.79. The highest BCUT2D eigenvalue weighted by Crippen LogP contribution is 2.57. The maximum Gasteiger partial charge on any atom is 0.229 e. The Balaban J connectivity index is 1.31. The van der Waals surface area contributed by atoms with E-state index in [0.29, 0.717) is 17.5 Å². The predicted octanol–water partition coefficient (Wildman–Crippen LogP) is 6.53. The highest BCUT2D eigenvalue weighted by Gasteiger charge is 2.53. The molecule has 1 aromatic heterocycles. The van der Waals surface area contributed by atoms with Crippen LogP contribution >= 0.6 is 11.6 Å². The van der Waals surface area contributed by atoms with E-state index in [4.69, 9.17) is 11.6 Å². The SMILES string of the molecule is Cc1cn(-c2ccc(C3CC4(CCCN(C(C)c5cc(F)cc(Cl)c5)C4=O)C3)cc2C)cn1. The second kappa shape index (κ2) is 8.28. The number of rotatable bonds is 4. The molecule has 0 bridgehead atoms. The molecule has 1 atom stereocenters. The molecule has 1 saturated carbocycles. The first-order valence-corrected chi connectivity index (χ1v) is 12.0. The molecule has 6 heteroatoms. The minimum Gasteiger partial charge on any atom is -0.335 e. The van der Waals surface area contributed by atoms with Gasteiger partial charge in [0.15, 0.2) is 0 Å². The highest BCUT2D eigenvalue weighted by atomic mass is 35.5. The molecule has 172 valence electrons. The molecular formula is C27H29ClFN3O. The van der Waals surface area contributed by atoms with Gasteiger partial charge in [-0.1, -0.05) is 23.7 Å². The van der Waals surface area contributed by atoms with Gasteiger partial charge in [-0.15, -0.1) is 0 Å². The van der Waals surface area contributed by atoms with Gasteiger partial charge in [-0.25, -0.2) is 9.37 Å². The number of carbonyl (C=O) groups is 1. The molecule has 2 fully saturated rings. The molecule has 0 N–H and O–H groups in total. The van der Waals surface area contributed by atoms with Crippen LogP contribution in [0, 0.1) is 25.1 Å². The Kier molecular flexibility index (Phi) is 5.56. The van der Waals surface area contributed by atoms with Crippen molar-refractivity contribution < 1.29 is 9.18 Å². The summed E-state index contributed by atoms with van der Waals surface area (Å²) in [7, 11) is 0. The molecule has 1 aliphatic carbocycles. The summed E-state index contributed by atoms with van der Waals surface area (Å²) in [5.74, 6) is 0.238. The summed E-state index contributed by atoms with van der Waals surface area (Å²) in [5, 5.41) is 0.365. The molecule has 1 spiro atoms. The van der Waals surface area contributed by atoms with Crippen LogP contribution in [0.4, 0.5) is 4.39 Å². The van der Waals surface area contributed by atoms with Crippen molar-refractivity contribution in [1.82, 2.24) is 14.5 Å². The van der Waals surface area contributed by atoms with Gasteiger partial charge in [0.25, 0.3) is 0 Å². The van der Waals surface area contributed by atoms with Gasteiger partial charge in [-0.05, 0) is 93.3 Å². The van der Waals surface area contributed by atoms with Crippen LogP contribution in [-0.2, 0) is 4.79 Å². The molecule has 3 aromatic rings. The number of hydrogen-bond acceptors (Lipinski definition) is 2. The molecule has 5 rings (SSSR count). The standard InChI is InChI=1S/C27H29ClFN3O/c1-17-9-20(5-6-25(17)31-15-18(2)30-16-31)22-13-27(14-22)7-4-8-32(26(27)33)19(3)21-10-23(28)12-24(29)11-21/h5-6,9-12,15-16,19,22H,4,7-8,13-14H2,1-3H3. The van der Waals surface area contributed by atoms with Crippen molar-refractivity contribution in [2.45, 2.75) is 58.4 Å². The van der Waals surface area contributed by atoms with Gasteiger partial charge >= 0.3 is 0 Å². The quantitative estimate of drug-likeness (QED) is 0.439. The number of piperidine rings is 1. The Labute approximate surface area is 199 Å². The topological polar surface area (TPSA) is 38.1 Å². The molecular weight excluding hydrogens is 437 g/mol. The lowest BCUT2D eigenvalue weighted by atomic mass is 9.56. The van der Waals surface area contributed by atoms with Crippen LogP contribution < -0.4 is 0 Å². The van der Waals surface area contributed by atoms with Gasteiger partial charge in [-0.2, -0.15) is 0 Å². The van der Waals surface area contributed by atoms with Gasteiger partial charge in [0.05, 0.1) is 23.5 Å². The minimum atomic E-state index is -0.364. The number of aryl methyl sites for hydroxylation is 2. The normalized spacial score (nSPS) is 23.6. The van der Waals surface area contributed by atoms with Crippen LogP contribution in [0.2, 0.25) is 5.02 Å². The summed E-state index contributed by atoms with van der Waals surface area (Å²) in [6, 6.07) is 11.0. The van der Waals surface area contributed by atoms with Gasteiger partial charge in [-0.3, -0.25) is 4.79 Å². The van der Waals surface area contributed by atoms with Crippen LogP contribution in [0.25, 0.3) is 5.69 Å². The molecule has 1 saturated heterocycles. The maximum absolute atomic E-state index is 13.9. The number of halogens is 2. The van der Waals surface area contributed by atoms with E-state index in [0.717, 1.165) is 42.6 Å². The molecule has 2 aromatic carbocycles. The van der Waals surface area contributed by atoms with Crippen LogP contribution in [0.5, 0.6) is 0 Å². The zero-order valence-corrected chi connectivity index (χ0v) is 20.1. The number of imidazole rings is 1. The van der Waals surface area contributed by atoms with E-state index in [-0.39, 0.29) is 23.2 Å². The molecule has 4 nitrogen and oxygen atoms in total. The molecule has 1 unspecified atom stereocenters. The first-order valence-electron chi connectivity index (χ1n) is 11.6. The lowest BCUT2D eigenvalue weighted by Gasteiger charge is -2.53. The van der Waals surface area contributed by atoms with E-state index in [2.05, 4.69) is 34.7 Å². The van der Waals surface area contributed by atoms with E-state index >= 15 is 0 Å². The third kappa shape index (κ3) is 3.97. The van der Waals surface area contributed by atoms with Crippen LogP contribution in [0.15, 0.2) is 48.9 Å². The maximum atomic E-state index is 13.9. The van der Waals surface area contributed by atoms with E-state index in [9.17, 15) is 9.18 Å². The number of aromatic nitrogens is 2. The van der Waals surface area contributed by atoms with Crippen molar-refractivity contribution in [2.24, 2.45) is 5.41 Å². The molecule has 33 heavy (non-hydrogen) atoms. The van der Waals surface area contributed by atoms with E-state index in [1.54, 1.807) is 6.07 Å². The highest BCUT2D eigenvalue weighted by molar-refractivity contribution is 6.30. The molecule has 2 aliphatic rings. The van der Waals surface area contributed by atoms with Gasteiger partial charge < -0.3 is 9.47 Å². The number of benzene rings is 2. The zero-order chi connectivity index (χ0) is 23.3. The second-order valence-corrected chi connectivity index (χ2v) is 10.3. The minimum absolute atomic E-state index is 0.193. The number of likely N-dealkylation sites (tertiary alicyclic amines) is 1. The second-order valence-electron chi connectivity index (χ2n) is 9.83. The Morgan fingerprint density at radius 2 is 1.97 bits per heavy atom. The lowest BCUT2D eigenvalue weighted by molar-refractivity contribution is -0.156. The Morgan fingerprint density at radius 3 is 2.64 bits per heavy atom. The monoisotopic (exact) mass is 465 g/mol. The van der Waals surface area contributed by atoms with Gasteiger partial charge in [0, 0.05) is 23.5 Å². The molecule has 2 heterocycles. The average molecular weight is 466 g/mol. The van der Waals surface area contributed by atoms with Crippen LogP contribution in [0.3, 0.4) is 0 Å². The van der Waals surface area contributed by atoms with Crippen molar-refractivity contribution in [3.63, 3.8) is 0 Å². The van der Waals surface area contributed by atoms with Crippen molar-refractivity contribution in [3.05, 3.63) is 82.1 Å². The summed E-state index contributed by atoms with van der Waals surface area (Å²) < 4.78 is 16.0. The van der Waals surface area contributed by atoms with Crippen LogP contribution in [-0.4, -0.2) is 26.9 Å². The van der Waals surface area contributed by atoms with E-state index in [1.165, 1.54) is 23.3 Å². The number of amides is 1. The van der Waals surface area contributed by atoms with Crippen molar-refractivity contribution >= 4 is 17.5 Å². The molecule has 0 radical (unpaired) electrons. The summed E-state index contributed by atoms with van der Waals surface area (Å²) in [4.78, 5) is 19.8. The largest absolute Gasteiger partial charge is 0.335 e. The Morgan fingerprint density at radius 1 is 1.18 bits per heavy atom. The summed E-state index contributed by atoms with van der Waals surface area (Å²) >= 11 is 6.07. The van der Waals surface area contributed by atoms with Gasteiger partial charge in [0.2, 0.25) is 5.91 Å². The van der Waals surface area contributed by atoms with E-state index in [1.807, 2.05) is 31.3 Å².